The molecule has 0 saturated carbocycles. The molecule has 0 unspecified atom stereocenters. The van der Waals surface area contributed by atoms with Crippen molar-refractivity contribution >= 4 is 90.1 Å². The van der Waals surface area contributed by atoms with E-state index in [9.17, 15) is 0 Å². The molecule has 12 rings (SSSR count). The van der Waals surface area contributed by atoms with Crippen molar-refractivity contribution in [1.29, 1.82) is 0 Å². The first-order chi connectivity index (χ1) is 29.3. The van der Waals surface area contributed by atoms with Gasteiger partial charge in [0.25, 0.3) is 0 Å². The largest absolute Gasteiger partial charge is 0.306 e. The molecule has 10 aromatic rings. The lowest BCUT2D eigenvalue weighted by molar-refractivity contribution is 0.766. The second kappa shape index (κ2) is 13.2. The van der Waals surface area contributed by atoms with Crippen LogP contribution in [0.25, 0.3) is 27.5 Å². The third-order valence-corrected chi connectivity index (χ3v) is 11.4. The van der Waals surface area contributed by atoms with Crippen LogP contribution in [0.5, 0.6) is 0 Å². The van der Waals surface area contributed by atoms with Crippen LogP contribution in [0.4, 0.5) is 68.2 Å². The quantitative estimate of drug-likeness (QED) is 0.174. The summed E-state index contributed by atoms with van der Waals surface area (Å²) in [6.07, 6.45) is 0. The Morgan fingerprint density at radius 1 is 0.254 bits per heavy atom. The molecule has 0 N–H and O–H groups in total. The number of nitrogens with zero attached hydrogens (tertiary/aromatic N) is 7. The van der Waals surface area contributed by atoms with Gasteiger partial charge in [-0.3, -0.25) is 0 Å². The average molecular weight is 758 g/mol. The second-order valence-corrected chi connectivity index (χ2v) is 14.8. The molecule has 3 heterocycles. The Labute approximate surface area is 341 Å². The summed E-state index contributed by atoms with van der Waals surface area (Å²) >= 11 is 0. The third kappa shape index (κ3) is 5.15. The zero-order valence-electron chi connectivity index (χ0n) is 31.8. The minimum atomic E-state index is 0.822. The van der Waals surface area contributed by atoms with Crippen LogP contribution in [0.2, 0.25) is 0 Å². The molecule has 0 saturated heterocycles. The molecule has 1 aromatic heterocycles. The maximum absolute atomic E-state index is 5.17. The Balaban J connectivity index is 0.966. The predicted molar refractivity (Wildman–Crippen MR) is 242 cm³/mol. The van der Waals surface area contributed by atoms with Crippen molar-refractivity contribution < 1.29 is 0 Å². The van der Waals surface area contributed by atoms with Crippen LogP contribution in [0.15, 0.2) is 212 Å². The number of anilines is 12. The molecule has 0 radical (unpaired) electrons. The molecule has 59 heavy (non-hydrogen) atoms. The molecule has 9 aromatic carbocycles. The third-order valence-electron chi connectivity index (χ3n) is 11.4. The van der Waals surface area contributed by atoms with Gasteiger partial charge in [0.1, 0.15) is 11.0 Å². The van der Waals surface area contributed by atoms with Gasteiger partial charge in [0.15, 0.2) is 0 Å². The fourth-order valence-electron chi connectivity index (χ4n) is 8.90. The smallest absolute Gasteiger partial charge is 0.121 e. The summed E-state index contributed by atoms with van der Waals surface area (Å²) < 4.78 is 0. The number of para-hydroxylation sites is 10. The SMILES string of the molecule is c1ccc(N2c3ccccc3N(c3ccc(-n4nc5cc(N6c7ccccc7N(c7ccccc7)c7ccccc76)c6ccccc6c5n4)cc3)c3ccccc32)cc1. The molecule has 0 bridgehead atoms. The lowest BCUT2D eigenvalue weighted by Crippen LogP contribution is -2.24. The van der Waals surface area contributed by atoms with Crippen molar-refractivity contribution in [2.45, 2.75) is 0 Å². The molecule has 7 heteroatoms. The number of hydrogen-bond acceptors (Lipinski definition) is 6. The molecule has 278 valence electrons. The van der Waals surface area contributed by atoms with Crippen LogP contribution in [-0.4, -0.2) is 15.0 Å². The van der Waals surface area contributed by atoms with Gasteiger partial charge in [-0.2, -0.15) is 4.80 Å². The zero-order valence-corrected chi connectivity index (χ0v) is 31.8. The number of rotatable bonds is 5. The van der Waals surface area contributed by atoms with Crippen LogP contribution in [0, 0.1) is 0 Å². The van der Waals surface area contributed by atoms with Crippen molar-refractivity contribution in [3.63, 3.8) is 0 Å². The van der Waals surface area contributed by atoms with E-state index in [2.05, 4.69) is 232 Å². The van der Waals surface area contributed by atoms with Gasteiger partial charge in [-0.15, -0.1) is 10.2 Å². The Kier molecular flexibility index (Phi) is 7.40. The summed E-state index contributed by atoms with van der Waals surface area (Å²) in [5, 5.41) is 12.5. The van der Waals surface area contributed by atoms with E-state index in [1.54, 1.807) is 4.80 Å². The van der Waals surface area contributed by atoms with E-state index < -0.39 is 0 Å². The van der Waals surface area contributed by atoms with Crippen LogP contribution in [0.1, 0.15) is 0 Å². The van der Waals surface area contributed by atoms with Gasteiger partial charge in [0.2, 0.25) is 0 Å². The van der Waals surface area contributed by atoms with Crippen LogP contribution >= 0.6 is 0 Å². The van der Waals surface area contributed by atoms with Gasteiger partial charge < -0.3 is 19.6 Å². The lowest BCUT2D eigenvalue weighted by Gasteiger charge is -2.40. The van der Waals surface area contributed by atoms with E-state index in [1.165, 1.54) is 0 Å². The van der Waals surface area contributed by atoms with E-state index in [4.69, 9.17) is 10.2 Å². The Morgan fingerprint density at radius 3 is 1.03 bits per heavy atom. The highest BCUT2D eigenvalue weighted by molar-refractivity contribution is 6.14. The summed E-state index contributed by atoms with van der Waals surface area (Å²) in [4.78, 5) is 11.2. The van der Waals surface area contributed by atoms with Crippen molar-refractivity contribution in [1.82, 2.24) is 15.0 Å². The van der Waals surface area contributed by atoms with Gasteiger partial charge >= 0.3 is 0 Å². The van der Waals surface area contributed by atoms with Crippen LogP contribution in [-0.2, 0) is 0 Å². The lowest BCUT2D eigenvalue weighted by atomic mass is 10.0. The number of hydrogen-bond donors (Lipinski definition) is 0. The molecular formula is C52H35N7. The summed E-state index contributed by atoms with van der Waals surface area (Å²) in [5.74, 6) is 0. The van der Waals surface area contributed by atoms with Crippen LogP contribution in [0.3, 0.4) is 0 Å². The standard InChI is InChI=1S/C52H35N7/c1-3-17-36(18-4-1)55-43-23-9-11-25-45(43)57(46-26-12-10-24-44(46)55)38-31-33-39(34-32-38)59-53-42-35-51(40-21-7-8-22-41(40)52(42)54-59)58-49-29-15-13-27-47(49)56(37-19-5-2-6-20-37)48-28-14-16-30-50(48)58/h1-35H. The van der Waals surface area contributed by atoms with E-state index in [-0.39, 0.29) is 0 Å². The Morgan fingerprint density at radius 2 is 0.593 bits per heavy atom. The van der Waals surface area contributed by atoms with Gasteiger partial charge in [0.05, 0.1) is 56.9 Å². The van der Waals surface area contributed by atoms with E-state index in [1.807, 2.05) is 0 Å². The molecular weight excluding hydrogens is 723 g/mol. The summed E-state index contributed by atoms with van der Waals surface area (Å²) in [5.41, 5.74) is 15.8. The van der Waals surface area contributed by atoms with Crippen molar-refractivity contribution in [2.75, 3.05) is 19.6 Å². The van der Waals surface area contributed by atoms with Gasteiger partial charge in [0, 0.05) is 27.8 Å². The Hall–Kier alpha value is -8.16. The van der Waals surface area contributed by atoms with Crippen LogP contribution < -0.4 is 19.6 Å². The van der Waals surface area contributed by atoms with E-state index in [0.29, 0.717) is 0 Å². The number of fused-ring (bicyclic) bond motifs is 7. The van der Waals surface area contributed by atoms with E-state index >= 15 is 0 Å². The molecule has 0 atom stereocenters. The number of aromatic nitrogens is 3. The highest BCUT2D eigenvalue weighted by Gasteiger charge is 2.32. The summed E-state index contributed by atoms with van der Waals surface area (Å²) in [6, 6.07) is 74.9. The zero-order chi connectivity index (χ0) is 38.9. The van der Waals surface area contributed by atoms with Gasteiger partial charge in [-0.05, 0) is 103 Å². The fourth-order valence-corrected chi connectivity index (χ4v) is 8.90. The summed E-state index contributed by atoms with van der Waals surface area (Å²) in [7, 11) is 0. The Bertz CT molecular complexity index is 3100. The van der Waals surface area contributed by atoms with E-state index in [0.717, 1.165) is 95.7 Å². The first-order valence-electron chi connectivity index (χ1n) is 19.9. The molecule has 0 spiro atoms. The molecule has 2 aliphatic heterocycles. The summed E-state index contributed by atoms with van der Waals surface area (Å²) in [6.45, 7) is 0. The van der Waals surface area contributed by atoms with Gasteiger partial charge in [-0.25, -0.2) is 0 Å². The highest BCUT2D eigenvalue weighted by atomic mass is 15.5. The molecule has 2 aliphatic rings. The molecule has 0 amide bonds. The first kappa shape index (κ1) is 33.0. The molecule has 0 fully saturated rings. The van der Waals surface area contributed by atoms with Gasteiger partial charge in [-0.1, -0.05) is 109 Å². The highest BCUT2D eigenvalue weighted by Crippen LogP contribution is 2.56. The molecule has 0 aliphatic carbocycles. The predicted octanol–water partition coefficient (Wildman–Crippen LogP) is 14.1. The minimum absolute atomic E-state index is 0.822. The normalized spacial score (nSPS) is 12.9. The maximum Gasteiger partial charge on any atom is 0.121 e. The monoisotopic (exact) mass is 757 g/mol. The maximum atomic E-state index is 5.17. The number of benzene rings is 9. The first-order valence-corrected chi connectivity index (χ1v) is 19.9. The minimum Gasteiger partial charge on any atom is -0.306 e. The van der Waals surface area contributed by atoms with Crippen molar-refractivity contribution in [2.24, 2.45) is 0 Å². The topological polar surface area (TPSA) is 43.7 Å². The fraction of sp³-hybridized carbons (Fsp3) is 0. The van der Waals surface area contributed by atoms with Crippen molar-refractivity contribution in [3.8, 4) is 5.69 Å². The second-order valence-electron chi connectivity index (χ2n) is 14.8. The molecule has 7 nitrogen and oxygen atoms in total. The van der Waals surface area contributed by atoms with Crippen molar-refractivity contribution in [3.05, 3.63) is 212 Å². The average Bonchev–Trinajstić information content (AvgIpc) is 3.75.